The second-order valence-electron chi connectivity index (χ2n) is 11.8. The van der Waals surface area contributed by atoms with Gasteiger partial charge in [0.2, 0.25) is 5.95 Å². The van der Waals surface area contributed by atoms with Crippen LogP contribution in [0.2, 0.25) is 0 Å². The van der Waals surface area contributed by atoms with Crippen molar-refractivity contribution in [2.45, 2.75) is 0 Å². The maximum absolute atomic E-state index is 6.71. The lowest BCUT2D eigenvalue weighted by molar-refractivity contribution is 0.670. The number of para-hydroxylation sites is 4. The molecule has 0 amide bonds. The molecule has 0 aliphatic rings. The molecule has 0 radical (unpaired) electrons. The first-order valence-electron chi connectivity index (χ1n) is 15.5. The third-order valence-corrected chi connectivity index (χ3v) is 9.19. The van der Waals surface area contributed by atoms with Gasteiger partial charge in [-0.25, -0.2) is 9.97 Å². The minimum Gasteiger partial charge on any atom is -0.455 e. The van der Waals surface area contributed by atoms with Crippen LogP contribution in [0, 0.1) is 0 Å². The molecular weight excluding hydrogens is 562 g/mol. The molecule has 0 unspecified atom stereocenters. The van der Waals surface area contributed by atoms with E-state index < -0.39 is 0 Å². The summed E-state index contributed by atoms with van der Waals surface area (Å²) in [4.78, 5) is 10.6. The van der Waals surface area contributed by atoms with Gasteiger partial charge in [-0.05, 0) is 35.0 Å². The summed E-state index contributed by atoms with van der Waals surface area (Å²) in [6.45, 7) is 0. The van der Waals surface area contributed by atoms with Crippen molar-refractivity contribution < 1.29 is 4.42 Å². The lowest BCUT2D eigenvalue weighted by Crippen LogP contribution is -2.04. The van der Waals surface area contributed by atoms with E-state index in [1.807, 2.05) is 18.2 Å². The lowest BCUT2D eigenvalue weighted by atomic mass is 9.93. The molecule has 0 fully saturated rings. The summed E-state index contributed by atoms with van der Waals surface area (Å²) in [6.07, 6.45) is 0. The Hall–Kier alpha value is -6.26. The topological polar surface area (TPSA) is 43.9 Å². The van der Waals surface area contributed by atoms with Crippen LogP contribution in [0.1, 0.15) is 0 Å². The van der Waals surface area contributed by atoms with Gasteiger partial charge in [0.05, 0.1) is 22.2 Å². The highest BCUT2D eigenvalue weighted by atomic mass is 16.3. The molecule has 4 heteroatoms. The molecule has 46 heavy (non-hydrogen) atoms. The van der Waals surface area contributed by atoms with Crippen LogP contribution in [0.4, 0.5) is 0 Å². The van der Waals surface area contributed by atoms with Crippen LogP contribution in [0.15, 0.2) is 156 Å². The van der Waals surface area contributed by atoms with Crippen LogP contribution >= 0.6 is 0 Å². The molecule has 0 aliphatic heterocycles. The van der Waals surface area contributed by atoms with Gasteiger partial charge in [0.1, 0.15) is 11.2 Å². The fourth-order valence-corrected chi connectivity index (χ4v) is 7.20. The van der Waals surface area contributed by atoms with E-state index in [0.717, 1.165) is 82.4 Å². The van der Waals surface area contributed by atoms with Gasteiger partial charge in [-0.1, -0.05) is 127 Å². The highest BCUT2D eigenvalue weighted by molar-refractivity contribution is 6.23. The largest absolute Gasteiger partial charge is 0.455 e. The summed E-state index contributed by atoms with van der Waals surface area (Å²) in [5.41, 5.74) is 8.89. The third-order valence-electron chi connectivity index (χ3n) is 9.19. The first kappa shape index (κ1) is 25.1. The van der Waals surface area contributed by atoms with Crippen LogP contribution in [-0.4, -0.2) is 14.5 Å². The zero-order valence-corrected chi connectivity index (χ0v) is 24.7. The van der Waals surface area contributed by atoms with Gasteiger partial charge in [0, 0.05) is 43.6 Å². The Labute approximate surface area is 263 Å². The van der Waals surface area contributed by atoms with Crippen LogP contribution in [-0.2, 0) is 0 Å². The van der Waals surface area contributed by atoms with E-state index >= 15 is 0 Å². The van der Waals surface area contributed by atoms with Gasteiger partial charge in [0.25, 0.3) is 0 Å². The number of hydrogen-bond acceptors (Lipinski definition) is 3. The predicted octanol–water partition coefficient (Wildman–Crippen LogP) is 11.1. The monoisotopic (exact) mass is 587 g/mol. The minimum absolute atomic E-state index is 0.636. The molecule has 3 heterocycles. The second-order valence-corrected chi connectivity index (χ2v) is 11.8. The molecule has 0 aliphatic carbocycles. The number of nitrogens with zero attached hydrogens (tertiary/aromatic N) is 3. The smallest absolute Gasteiger partial charge is 0.235 e. The zero-order valence-electron chi connectivity index (χ0n) is 24.7. The van der Waals surface area contributed by atoms with Crippen LogP contribution < -0.4 is 0 Å². The Balaban J connectivity index is 1.39. The average Bonchev–Trinajstić information content (AvgIpc) is 3.66. The van der Waals surface area contributed by atoms with E-state index in [0.29, 0.717) is 5.95 Å². The Kier molecular flexibility index (Phi) is 5.25. The van der Waals surface area contributed by atoms with E-state index in [2.05, 4.69) is 138 Å². The Bertz CT molecular complexity index is 2810. The third kappa shape index (κ3) is 3.55. The molecule has 0 saturated heterocycles. The van der Waals surface area contributed by atoms with Crippen molar-refractivity contribution in [2.24, 2.45) is 0 Å². The van der Waals surface area contributed by atoms with Crippen molar-refractivity contribution in [1.82, 2.24) is 14.5 Å². The van der Waals surface area contributed by atoms with Crippen molar-refractivity contribution in [2.75, 3.05) is 0 Å². The molecule has 0 spiro atoms. The molecule has 7 aromatic carbocycles. The number of fused-ring (bicyclic) bond motifs is 8. The average molecular weight is 588 g/mol. The van der Waals surface area contributed by atoms with Gasteiger partial charge in [0.15, 0.2) is 0 Å². The van der Waals surface area contributed by atoms with E-state index in [4.69, 9.17) is 14.4 Å². The van der Waals surface area contributed by atoms with E-state index in [1.165, 1.54) is 5.39 Å². The second kappa shape index (κ2) is 9.62. The van der Waals surface area contributed by atoms with Gasteiger partial charge in [-0.15, -0.1) is 0 Å². The number of aromatic nitrogens is 3. The lowest BCUT2D eigenvalue weighted by Gasteiger charge is -2.15. The van der Waals surface area contributed by atoms with Crippen molar-refractivity contribution in [1.29, 1.82) is 0 Å². The van der Waals surface area contributed by atoms with E-state index in [-0.39, 0.29) is 0 Å². The molecule has 214 valence electrons. The van der Waals surface area contributed by atoms with E-state index in [1.54, 1.807) is 0 Å². The van der Waals surface area contributed by atoms with Crippen molar-refractivity contribution in [3.63, 3.8) is 0 Å². The minimum atomic E-state index is 0.636. The number of rotatable bonds is 3. The van der Waals surface area contributed by atoms with E-state index in [9.17, 15) is 0 Å². The highest BCUT2D eigenvalue weighted by Crippen LogP contribution is 2.45. The fourth-order valence-electron chi connectivity index (χ4n) is 7.20. The summed E-state index contributed by atoms with van der Waals surface area (Å²) < 4.78 is 8.95. The first-order valence-corrected chi connectivity index (χ1v) is 15.5. The first-order chi connectivity index (χ1) is 22.8. The van der Waals surface area contributed by atoms with Crippen molar-refractivity contribution in [3.8, 4) is 28.3 Å². The molecule has 0 bridgehead atoms. The zero-order chi connectivity index (χ0) is 30.2. The van der Waals surface area contributed by atoms with Crippen molar-refractivity contribution >= 4 is 65.4 Å². The summed E-state index contributed by atoms with van der Waals surface area (Å²) in [5.74, 6) is 0.636. The predicted molar refractivity (Wildman–Crippen MR) is 190 cm³/mol. The van der Waals surface area contributed by atoms with Crippen LogP contribution in [0.5, 0.6) is 0 Å². The molecule has 0 N–H and O–H groups in total. The summed E-state index contributed by atoms with van der Waals surface area (Å²) in [7, 11) is 0. The fraction of sp³-hybridized carbons (Fsp3) is 0. The quantitative estimate of drug-likeness (QED) is 0.207. The normalized spacial score (nSPS) is 11.9. The molecule has 0 atom stereocenters. The molecule has 10 rings (SSSR count). The molecular formula is C42H25N3O. The molecule has 4 nitrogen and oxygen atoms in total. The summed E-state index contributed by atoms with van der Waals surface area (Å²) >= 11 is 0. The standard InChI is InChI=1S/C42H25N3O/c1-2-13-26(14-3-1)39-32-19-6-9-22-35(32)43-42(44-39)45-36-23-10-7-17-29(36)31-20-12-21-33(40(31)45)38-28-16-5-4-15-27(28)25-34-30-18-8-11-24-37(30)46-41(34)38/h1-25H. The van der Waals surface area contributed by atoms with Crippen molar-refractivity contribution in [3.05, 3.63) is 152 Å². The highest BCUT2D eigenvalue weighted by Gasteiger charge is 2.23. The Morgan fingerprint density at radius 1 is 0.500 bits per heavy atom. The van der Waals surface area contributed by atoms with Gasteiger partial charge in [-0.2, -0.15) is 0 Å². The summed E-state index contributed by atoms with van der Waals surface area (Å²) in [5, 5.41) is 7.85. The Morgan fingerprint density at radius 2 is 1.20 bits per heavy atom. The molecule has 0 saturated carbocycles. The Morgan fingerprint density at radius 3 is 2.09 bits per heavy atom. The van der Waals surface area contributed by atoms with Gasteiger partial charge >= 0.3 is 0 Å². The maximum atomic E-state index is 6.71. The van der Waals surface area contributed by atoms with Crippen LogP contribution in [0.25, 0.3) is 93.8 Å². The number of furan rings is 1. The SMILES string of the molecule is c1ccc(-c2nc(-n3c4ccccc4c4cccc(-c5c6ccccc6cc6c5oc5ccccc56)c43)nc3ccccc23)cc1. The number of hydrogen-bond donors (Lipinski definition) is 0. The van der Waals surface area contributed by atoms with Gasteiger partial charge < -0.3 is 4.42 Å². The molecule has 3 aromatic heterocycles. The van der Waals surface area contributed by atoms with Gasteiger partial charge in [-0.3, -0.25) is 4.57 Å². The molecule has 10 aromatic rings. The summed E-state index contributed by atoms with van der Waals surface area (Å²) in [6, 6.07) is 52.9. The van der Waals surface area contributed by atoms with Crippen LogP contribution in [0.3, 0.4) is 0 Å². The number of benzene rings is 7. The maximum Gasteiger partial charge on any atom is 0.235 e.